The van der Waals surface area contributed by atoms with Gasteiger partial charge < -0.3 is 10.3 Å². The van der Waals surface area contributed by atoms with Crippen molar-refractivity contribution >= 4 is 11.8 Å². The first-order valence-electron chi connectivity index (χ1n) is 7.04. The summed E-state index contributed by atoms with van der Waals surface area (Å²) in [6.45, 7) is 2.10. The Balaban J connectivity index is 1.71. The average Bonchev–Trinajstić information content (AvgIpc) is 2.93. The second-order valence-corrected chi connectivity index (χ2v) is 5.30. The maximum atomic E-state index is 11.8. The van der Waals surface area contributed by atoms with Crippen molar-refractivity contribution in [1.82, 2.24) is 20.5 Å². The van der Waals surface area contributed by atoms with E-state index < -0.39 is 0 Å². The van der Waals surface area contributed by atoms with Crippen molar-refractivity contribution < 1.29 is 9.59 Å². The zero-order chi connectivity index (χ0) is 14.4. The molecule has 2 rings (SSSR count). The van der Waals surface area contributed by atoms with Crippen molar-refractivity contribution in [3.05, 3.63) is 24.0 Å². The minimum absolute atomic E-state index is 0.227. The molecule has 0 bridgehead atoms. The molecular formula is C14H22N4O2. The highest BCUT2D eigenvalue weighted by atomic mass is 16.2. The molecule has 6 nitrogen and oxygen atoms in total. The van der Waals surface area contributed by atoms with Gasteiger partial charge in [-0.05, 0) is 38.6 Å². The lowest BCUT2D eigenvalue weighted by Gasteiger charge is -2.27. The molecule has 3 N–H and O–H groups in total. The van der Waals surface area contributed by atoms with Gasteiger partial charge in [-0.3, -0.25) is 19.8 Å². The number of piperidine rings is 1. The highest BCUT2D eigenvalue weighted by Crippen LogP contribution is 2.07. The maximum Gasteiger partial charge on any atom is 0.274 e. The summed E-state index contributed by atoms with van der Waals surface area (Å²) >= 11 is 0. The molecule has 1 atom stereocenters. The number of carbonyl (C=O) groups is 2. The molecule has 2 heterocycles. The summed E-state index contributed by atoms with van der Waals surface area (Å²) in [5.74, 6) is -0.660. The fourth-order valence-electron chi connectivity index (χ4n) is 2.47. The van der Waals surface area contributed by atoms with E-state index >= 15 is 0 Å². The van der Waals surface area contributed by atoms with Crippen LogP contribution in [0.4, 0.5) is 0 Å². The Morgan fingerprint density at radius 2 is 2.30 bits per heavy atom. The van der Waals surface area contributed by atoms with Crippen molar-refractivity contribution in [2.75, 3.05) is 26.7 Å². The van der Waals surface area contributed by atoms with Crippen LogP contribution in [0.5, 0.6) is 0 Å². The summed E-state index contributed by atoms with van der Waals surface area (Å²) in [6.07, 6.45) is 5.27. The molecule has 1 unspecified atom stereocenters. The molecule has 0 radical (unpaired) electrons. The Kier molecular flexibility index (Phi) is 5.31. The van der Waals surface area contributed by atoms with E-state index in [1.807, 2.05) is 11.9 Å². The SMILES string of the molecule is CN(CC(=O)NC(=O)c1ccc[nH]1)CC1CCCCN1. The number of likely N-dealkylation sites (N-methyl/N-ethyl adjacent to an activating group) is 1. The summed E-state index contributed by atoms with van der Waals surface area (Å²) in [5, 5.41) is 5.82. The largest absolute Gasteiger partial charge is 0.357 e. The van der Waals surface area contributed by atoms with E-state index in [1.165, 1.54) is 12.8 Å². The lowest BCUT2D eigenvalue weighted by Crippen LogP contribution is -2.46. The number of aromatic amines is 1. The number of aromatic nitrogens is 1. The number of hydrogen-bond donors (Lipinski definition) is 3. The van der Waals surface area contributed by atoms with E-state index in [1.54, 1.807) is 18.3 Å². The van der Waals surface area contributed by atoms with E-state index in [4.69, 9.17) is 0 Å². The van der Waals surface area contributed by atoms with Crippen LogP contribution in [0.2, 0.25) is 0 Å². The Labute approximate surface area is 118 Å². The quantitative estimate of drug-likeness (QED) is 0.726. The monoisotopic (exact) mass is 278 g/mol. The molecule has 110 valence electrons. The lowest BCUT2D eigenvalue weighted by molar-refractivity contribution is -0.121. The van der Waals surface area contributed by atoms with Crippen LogP contribution < -0.4 is 10.6 Å². The third-order valence-corrected chi connectivity index (χ3v) is 3.45. The lowest BCUT2D eigenvalue weighted by atomic mass is 10.0. The molecule has 0 aromatic carbocycles. The van der Waals surface area contributed by atoms with Gasteiger partial charge in [0.15, 0.2) is 0 Å². The second kappa shape index (κ2) is 7.21. The molecule has 0 spiro atoms. The predicted molar refractivity (Wildman–Crippen MR) is 76.4 cm³/mol. The van der Waals surface area contributed by atoms with Gasteiger partial charge in [-0.25, -0.2) is 0 Å². The van der Waals surface area contributed by atoms with Gasteiger partial charge >= 0.3 is 0 Å². The van der Waals surface area contributed by atoms with Gasteiger partial charge in [-0.2, -0.15) is 0 Å². The summed E-state index contributed by atoms with van der Waals surface area (Å²) in [5.41, 5.74) is 0.398. The number of carbonyl (C=O) groups excluding carboxylic acids is 2. The van der Waals surface area contributed by atoms with Crippen LogP contribution in [0.1, 0.15) is 29.8 Å². The van der Waals surface area contributed by atoms with Crippen LogP contribution >= 0.6 is 0 Å². The normalized spacial score (nSPS) is 19.0. The topological polar surface area (TPSA) is 77.2 Å². The van der Waals surface area contributed by atoms with Crippen LogP contribution in [0.3, 0.4) is 0 Å². The molecular weight excluding hydrogens is 256 g/mol. The highest BCUT2D eigenvalue weighted by molar-refractivity contribution is 6.04. The average molecular weight is 278 g/mol. The fraction of sp³-hybridized carbons (Fsp3) is 0.571. The van der Waals surface area contributed by atoms with Gasteiger partial charge in [-0.1, -0.05) is 6.42 Å². The van der Waals surface area contributed by atoms with E-state index in [0.717, 1.165) is 19.5 Å². The molecule has 2 amide bonds. The van der Waals surface area contributed by atoms with E-state index in [2.05, 4.69) is 15.6 Å². The Hall–Kier alpha value is -1.66. The number of hydrogen-bond acceptors (Lipinski definition) is 4. The van der Waals surface area contributed by atoms with Crippen molar-refractivity contribution in [2.45, 2.75) is 25.3 Å². The number of nitrogens with zero attached hydrogens (tertiary/aromatic N) is 1. The summed E-state index contributed by atoms with van der Waals surface area (Å²) in [7, 11) is 1.90. The molecule has 1 aliphatic rings. The molecule has 1 fully saturated rings. The minimum atomic E-state index is -0.385. The van der Waals surface area contributed by atoms with Gasteiger partial charge in [-0.15, -0.1) is 0 Å². The molecule has 0 saturated carbocycles. The third kappa shape index (κ3) is 4.47. The number of H-pyrrole nitrogens is 1. The van der Waals surface area contributed by atoms with Crippen molar-refractivity contribution in [1.29, 1.82) is 0 Å². The Morgan fingerprint density at radius 1 is 1.45 bits per heavy atom. The molecule has 1 aromatic heterocycles. The first-order valence-corrected chi connectivity index (χ1v) is 7.04. The number of nitrogens with one attached hydrogen (secondary N) is 3. The van der Waals surface area contributed by atoms with Crippen molar-refractivity contribution in [3.8, 4) is 0 Å². The van der Waals surface area contributed by atoms with Gasteiger partial charge in [0.1, 0.15) is 5.69 Å². The van der Waals surface area contributed by atoms with Gasteiger partial charge in [0.05, 0.1) is 6.54 Å². The first kappa shape index (κ1) is 14.7. The minimum Gasteiger partial charge on any atom is -0.357 e. The number of amides is 2. The Bertz CT molecular complexity index is 438. The van der Waals surface area contributed by atoms with Crippen LogP contribution in [0.15, 0.2) is 18.3 Å². The van der Waals surface area contributed by atoms with E-state index in [9.17, 15) is 9.59 Å². The second-order valence-electron chi connectivity index (χ2n) is 5.30. The van der Waals surface area contributed by atoms with Gasteiger partial charge in [0.2, 0.25) is 5.91 Å². The van der Waals surface area contributed by atoms with Gasteiger partial charge in [0, 0.05) is 18.8 Å². The van der Waals surface area contributed by atoms with Crippen molar-refractivity contribution in [3.63, 3.8) is 0 Å². The number of imide groups is 1. The smallest absolute Gasteiger partial charge is 0.274 e. The zero-order valence-corrected chi connectivity index (χ0v) is 11.8. The van der Waals surface area contributed by atoms with Crippen LogP contribution in [0.25, 0.3) is 0 Å². The molecule has 1 saturated heterocycles. The number of rotatable bonds is 5. The third-order valence-electron chi connectivity index (χ3n) is 3.45. The van der Waals surface area contributed by atoms with Crippen molar-refractivity contribution in [2.24, 2.45) is 0 Å². The molecule has 20 heavy (non-hydrogen) atoms. The highest BCUT2D eigenvalue weighted by Gasteiger charge is 2.17. The van der Waals surface area contributed by atoms with E-state index in [-0.39, 0.29) is 18.4 Å². The van der Waals surface area contributed by atoms with Gasteiger partial charge in [0.25, 0.3) is 5.91 Å². The van der Waals surface area contributed by atoms with Crippen LogP contribution in [-0.4, -0.2) is 54.4 Å². The molecule has 1 aromatic rings. The maximum absolute atomic E-state index is 11.8. The standard InChI is InChI=1S/C14H22N4O2/c1-18(9-11-5-2-3-7-15-11)10-13(19)17-14(20)12-6-4-8-16-12/h4,6,8,11,15-16H,2-3,5,7,9-10H2,1H3,(H,17,19,20). The molecule has 1 aliphatic heterocycles. The Morgan fingerprint density at radius 3 is 2.95 bits per heavy atom. The molecule has 6 heteroatoms. The fourth-order valence-corrected chi connectivity index (χ4v) is 2.47. The van der Waals surface area contributed by atoms with Crippen LogP contribution in [0, 0.1) is 0 Å². The predicted octanol–water partition coefficient (Wildman–Crippen LogP) is 0.345. The summed E-state index contributed by atoms with van der Waals surface area (Å²) in [6, 6.07) is 3.80. The zero-order valence-electron chi connectivity index (χ0n) is 11.8. The van der Waals surface area contributed by atoms with E-state index in [0.29, 0.717) is 11.7 Å². The first-order chi connectivity index (χ1) is 9.65. The van der Waals surface area contributed by atoms with Crippen LogP contribution in [-0.2, 0) is 4.79 Å². The molecule has 0 aliphatic carbocycles. The summed E-state index contributed by atoms with van der Waals surface area (Å²) in [4.78, 5) is 28.2. The summed E-state index contributed by atoms with van der Waals surface area (Å²) < 4.78 is 0.